The smallest absolute Gasteiger partial charge is 0.255 e. The molecular formula is C26H27N3O4S. The summed E-state index contributed by atoms with van der Waals surface area (Å²) in [6.07, 6.45) is 2.61. The Morgan fingerprint density at radius 3 is 2.32 bits per heavy atom. The second-order valence-corrected chi connectivity index (χ2v) is 10.4. The molecule has 0 saturated carbocycles. The van der Waals surface area contributed by atoms with Crippen LogP contribution >= 0.6 is 0 Å². The van der Waals surface area contributed by atoms with E-state index in [1.165, 1.54) is 10.6 Å². The molecule has 1 saturated heterocycles. The van der Waals surface area contributed by atoms with Crippen LogP contribution in [-0.2, 0) is 21.4 Å². The summed E-state index contributed by atoms with van der Waals surface area (Å²) in [6.45, 7) is 2.80. The summed E-state index contributed by atoms with van der Waals surface area (Å²) in [4.78, 5) is 26.3. The maximum atomic E-state index is 12.7. The molecule has 3 aromatic rings. The van der Waals surface area contributed by atoms with Gasteiger partial charge in [-0.15, -0.1) is 0 Å². The van der Waals surface area contributed by atoms with Crippen molar-refractivity contribution in [3.8, 4) is 0 Å². The highest BCUT2D eigenvalue weighted by molar-refractivity contribution is 7.92. The van der Waals surface area contributed by atoms with Crippen molar-refractivity contribution < 1.29 is 18.0 Å². The molecule has 0 atom stereocenters. The van der Waals surface area contributed by atoms with Crippen molar-refractivity contribution in [2.45, 2.75) is 26.3 Å². The van der Waals surface area contributed by atoms with Crippen LogP contribution in [0.4, 0.5) is 17.1 Å². The Hall–Kier alpha value is -3.65. The number of anilines is 3. The minimum Gasteiger partial charge on any atom is -0.322 e. The number of carbonyl (C=O) groups excluding carboxylic acids is 2. The Kier molecular flexibility index (Phi) is 6.70. The van der Waals surface area contributed by atoms with Crippen LogP contribution in [0, 0.1) is 6.92 Å². The topological polar surface area (TPSA) is 86.8 Å². The summed E-state index contributed by atoms with van der Waals surface area (Å²) in [6, 6.07) is 21.4. The Bertz CT molecular complexity index is 1300. The predicted molar refractivity (Wildman–Crippen MR) is 135 cm³/mol. The second kappa shape index (κ2) is 9.69. The second-order valence-electron chi connectivity index (χ2n) is 8.46. The fraction of sp³-hybridized carbons (Fsp3) is 0.231. The van der Waals surface area contributed by atoms with E-state index in [1.54, 1.807) is 47.4 Å². The maximum absolute atomic E-state index is 12.7. The fourth-order valence-corrected chi connectivity index (χ4v) is 4.84. The van der Waals surface area contributed by atoms with E-state index in [-0.39, 0.29) is 18.4 Å². The summed E-state index contributed by atoms with van der Waals surface area (Å²) in [5.74, 6) is -0.149. The van der Waals surface area contributed by atoms with Gasteiger partial charge in [-0.3, -0.25) is 13.9 Å². The molecule has 0 radical (unpaired) electrons. The summed E-state index contributed by atoms with van der Waals surface area (Å²) < 4.78 is 26.1. The maximum Gasteiger partial charge on any atom is 0.255 e. The number of benzene rings is 3. The molecule has 0 aromatic heterocycles. The normalized spacial score (nSPS) is 13.7. The molecule has 1 heterocycles. The van der Waals surface area contributed by atoms with Crippen molar-refractivity contribution in [2.75, 3.05) is 27.3 Å². The van der Waals surface area contributed by atoms with Crippen LogP contribution in [0.5, 0.6) is 0 Å². The average Bonchev–Trinajstić information content (AvgIpc) is 3.23. The fourth-order valence-electron chi connectivity index (χ4n) is 3.96. The molecule has 0 aliphatic carbocycles. The first-order valence-corrected chi connectivity index (χ1v) is 12.9. The number of nitrogens with zero attached hydrogens (tertiary/aromatic N) is 2. The minimum absolute atomic E-state index is 0.119. The summed E-state index contributed by atoms with van der Waals surface area (Å²) in [5, 5.41) is 2.86. The first-order chi connectivity index (χ1) is 16.2. The van der Waals surface area contributed by atoms with Crippen LogP contribution in [0.15, 0.2) is 72.8 Å². The quantitative estimate of drug-likeness (QED) is 0.548. The predicted octanol–water partition coefficient (Wildman–Crippen LogP) is 4.34. The number of amides is 2. The molecule has 4 rings (SSSR count). The lowest BCUT2D eigenvalue weighted by molar-refractivity contribution is -0.117. The number of carbonyl (C=O) groups is 2. The van der Waals surface area contributed by atoms with Crippen LogP contribution in [0.25, 0.3) is 0 Å². The summed E-state index contributed by atoms with van der Waals surface area (Å²) >= 11 is 0. The first-order valence-electron chi connectivity index (χ1n) is 11.1. The largest absolute Gasteiger partial charge is 0.322 e. The van der Waals surface area contributed by atoms with Gasteiger partial charge < -0.3 is 10.2 Å². The van der Waals surface area contributed by atoms with Crippen LogP contribution in [0.3, 0.4) is 0 Å². The Labute approximate surface area is 200 Å². The Balaban J connectivity index is 1.43. The summed E-state index contributed by atoms with van der Waals surface area (Å²) in [7, 11) is -3.48. The molecule has 7 nitrogen and oxygen atoms in total. The number of aryl methyl sites for hydroxylation is 1. The lowest BCUT2D eigenvalue weighted by atomic mass is 10.1. The van der Waals surface area contributed by atoms with E-state index in [0.29, 0.717) is 23.4 Å². The van der Waals surface area contributed by atoms with E-state index in [0.717, 1.165) is 29.8 Å². The SMILES string of the molecule is Cc1cccc(N(Cc2ccc(C(=O)Nc3ccc(N4CCCC4=O)cc3)cc2)S(C)(=O)=O)c1. The molecular weight excluding hydrogens is 450 g/mol. The molecule has 1 N–H and O–H groups in total. The Morgan fingerprint density at radius 2 is 1.74 bits per heavy atom. The van der Waals surface area contributed by atoms with E-state index in [1.807, 2.05) is 37.3 Å². The summed E-state index contributed by atoms with van der Waals surface area (Å²) in [5.41, 5.74) is 4.26. The molecule has 1 aliphatic rings. The number of rotatable bonds is 7. The third-order valence-corrected chi connectivity index (χ3v) is 6.88. The van der Waals surface area contributed by atoms with Gasteiger partial charge in [-0.2, -0.15) is 0 Å². The molecule has 1 fully saturated rings. The van der Waals surface area contributed by atoms with Crippen molar-refractivity contribution in [3.63, 3.8) is 0 Å². The molecule has 1 aliphatic heterocycles. The highest BCUT2D eigenvalue weighted by Gasteiger charge is 2.21. The highest BCUT2D eigenvalue weighted by atomic mass is 32.2. The molecule has 3 aromatic carbocycles. The van der Waals surface area contributed by atoms with Crippen molar-refractivity contribution in [3.05, 3.63) is 89.5 Å². The minimum atomic E-state index is -3.48. The zero-order chi connectivity index (χ0) is 24.3. The van der Waals surface area contributed by atoms with Crippen LogP contribution in [0.2, 0.25) is 0 Å². The van der Waals surface area contributed by atoms with Gasteiger partial charge in [0.15, 0.2) is 0 Å². The number of hydrogen-bond donors (Lipinski definition) is 1. The molecule has 0 spiro atoms. The third kappa shape index (κ3) is 5.46. The van der Waals surface area contributed by atoms with Crippen LogP contribution in [-0.4, -0.2) is 33.0 Å². The molecule has 2 amide bonds. The molecule has 8 heteroatoms. The van der Waals surface area contributed by atoms with Gasteiger partial charge in [-0.05, 0) is 73.0 Å². The zero-order valence-corrected chi connectivity index (χ0v) is 20.0. The van der Waals surface area contributed by atoms with Gasteiger partial charge in [0, 0.05) is 29.9 Å². The van der Waals surface area contributed by atoms with Crippen molar-refractivity contribution in [1.82, 2.24) is 0 Å². The van der Waals surface area contributed by atoms with E-state index < -0.39 is 10.0 Å². The van der Waals surface area contributed by atoms with Crippen LogP contribution < -0.4 is 14.5 Å². The average molecular weight is 478 g/mol. The van der Waals surface area contributed by atoms with Crippen molar-refractivity contribution in [2.24, 2.45) is 0 Å². The van der Waals surface area contributed by atoms with E-state index in [9.17, 15) is 18.0 Å². The van der Waals surface area contributed by atoms with Crippen LogP contribution in [0.1, 0.15) is 34.3 Å². The van der Waals surface area contributed by atoms with E-state index in [2.05, 4.69) is 5.32 Å². The third-order valence-electron chi connectivity index (χ3n) is 5.74. The number of sulfonamides is 1. The van der Waals surface area contributed by atoms with Crippen molar-refractivity contribution in [1.29, 1.82) is 0 Å². The van der Waals surface area contributed by atoms with Gasteiger partial charge in [-0.25, -0.2) is 8.42 Å². The first kappa shape index (κ1) is 23.5. The Morgan fingerprint density at radius 1 is 1.03 bits per heavy atom. The van der Waals surface area contributed by atoms with Gasteiger partial charge >= 0.3 is 0 Å². The van der Waals surface area contributed by atoms with Gasteiger partial charge in [0.05, 0.1) is 18.5 Å². The lowest BCUT2D eigenvalue weighted by Crippen LogP contribution is -2.29. The van der Waals surface area contributed by atoms with Gasteiger partial charge in [0.2, 0.25) is 15.9 Å². The molecule has 0 bridgehead atoms. The number of nitrogens with one attached hydrogen (secondary N) is 1. The van der Waals surface area contributed by atoms with Gasteiger partial charge in [0.25, 0.3) is 5.91 Å². The van der Waals surface area contributed by atoms with E-state index in [4.69, 9.17) is 0 Å². The standard InChI is InChI=1S/C26H27N3O4S/c1-19-5-3-6-24(17-19)29(34(2,32)33)18-20-8-10-21(11-9-20)26(31)27-22-12-14-23(15-13-22)28-16-4-7-25(28)30/h3,5-6,8-15,17H,4,7,16,18H2,1-2H3,(H,27,31). The monoisotopic (exact) mass is 477 g/mol. The van der Waals surface area contributed by atoms with Gasteiger partial charge in [-0.1, -0.05) is 24.3 Å². The molecule has 34 heavy (non-hydrogen) atoms. The number of hydrogen-bond acceptors (Lipinski definition) is 4. The van der Waals surface area contributed by atoms with Crippen molar-refractivity contribution >= 4 is 38.9 Å². The lowest BCUT2D eigenvalue weighted by Gasteiger charge is -2.23. The molecule has 176 valence electrons. The highest BCUT2D eigenvalue weighted by Crippen LogP contribution is 2.24. The van der Waals surface area contributed by atoms with Gasteiger partial charge in [0.1, 0.15) is 0 Å². The molecule has 0 unspecified atom stereocenters. The van der Waals surface area contributed by atoms with E-state index >= 15 is 0 Å². The zero-order valence-electron chi connectivity index (χ0n) is 19.2.